The average molecular weight is 454 g/mol. The van der Waals surface area contributed by atoms with Gasteiger partial charge in [0.15, 0.2) is 0 Å². The van der Waals surface area contributed by atoms with Crippen molar-refractivity contribution >= 4 is 22.1 Å². The van der Waals surface area contributed by atoms with Crippen LogP contribution in [0.1, 0.15) is 24.4 Å². The summed E-state index contributed by atoms with van der Waals surface area (Å²) in [5.41, 5.74) is 6.26. The van der Waals surface area contributed by atoms with Crippen molar-refractivity contribution < 1.29 is 4.74 Å². The lowest BCUT2D eigenvalue weighted by molar-refractivity contribution is 0.321. The number of hydrogen-bond donors (Lipinski definition) is 2. The molecule has 0 saturated carbocycles. The fourth-order valence-corrected chi connectivity index (χ4v) is 4.69. The quantitative estimate of drug-likeness (QED) is 0.398. The van der Waals surface area contributed by atoms with Gasteiger partial charge >= 0.3 is 0 Å². The molecule has 4 heterocycles. The number of fused-ring (bicyclic) bond motifs is 2. The summed E-state index contributed by atoms with van der Waals surface area (Å²) in [6, 6.07) is 11.7. The van der Waals surface area contributed by atoms with E-state index in [0.717, 1.165) is 70.2 Å². The van der Waals surface area contributed by atoms with Crippen LogP contribution < -0.4 is 10.1 Å². The molecule has 0 radical (unpaired) electrons. The number of nitrogens with one attached hydrogen (secondary N) is 2. The maximum Gasteiger partial charge on any atom is 0.129 e. The van der Waals surface area contributed by atoms with Crippen LogP contribution in [0.4, 0.5) is 0 Å². The van der Waals surface area contributed by atoms with E-state index in [1.165, 1.54) is 12.8 Å². The zero-order valence-corrected chi connectivity index (χ0v) is 19.4. The minimum absolute atomic E-state index is 0.669. The Kier molecular flexibility index (Phi) is 5.22. The molecule has 5 aromatic rings. The predicted molar refractivity (Wildman–Crippen MR) is 132 cm³/mol. The first kappa shape index (κ1) is 20.8. The summed E-state index contributed by atoms with van der Waals surface area (Å²) >= 11 is 0. The minimum Gasteiger partial charge on any atom is -0.457 e. The molecule has 1 aliphatic heterocycles. The summed E-state index contributed by atoms with van der Waals surface area (Å²) < 4.78 is 8.18. The number of imidazole rings is 1. The Morgan fingerprint density at radius 1 is 0.941 bits per heavy atom. The molecule has 172 valence electrons. The Balaban J connectivity index is 1.27. The molecule has 34 heavy (non-hydrogen) atoms. The Bertz CT molecular complexity index is 1480. The van der Waals surface area contributed by atoms with Gasteiger partial charge in [0.05, 0.1) is 39.7 Å². The first-order valence-corrected chi connectivity index (χ1v) is 11.8. The second-order valence-corrected chi connectivity index (χ2v) is 9.06. The van der Waals surface area contributed by atoms with Crippen LogP contribution in [0, 0.1) is 19.8 Å². The normalized spacial score (nSPS) is 14.8. The topological polar surface area (TPSA) is 93.5 Å². The molecule has 2 aromatic carbocycles. The minimum atomic E-state index is 0.669. The molecule has 8 nitrogen and oxygen atoms in total. The number of ether oxygens (including phenoxy) is 1. The zero-order valence-electron chi connectivity index (χ0n) is 19.4. The number of aromatic amines is 1. The second kappa shape index (κ2) is 8.53. The Labute approximate surface area is 197 Å². The maximum absolute atomic E-state index is 6.13. The third-order valence-electron chi connectivity index (χ3n) is 6.43. The maximum atomic E-state index is 6.13. The van der Waals surface area contributed by atoms with Crippen LogP contribution >= 0.6 is 0 Å². The highest BCUT2D eigenvalue weighted by Gasteiger charge is 2.16. The molecule has 2 N–H and O–H groups in total. The van der Waals surface area contributed by atoms with E-state index in [0.29, 0.717) is 11.7 Å². The van der Waals surface area contributed by atoms with E-state index in [4.69, 9.17) is 14.7 Å². The van der Waals surface area contributed by atoms with Crippen LogP contribution in [0.5, 0.6) is 11.5 Å². The number of rotatable bonds is 5. The van der Waals surface area contributed by atoms with Crippen LogP contribution in [0.25, 0.3) is 33.3 Å². The highest BCUT2D eigenvalue weighted by Crippen LogP contribution is 2.29. The lowest BCUT2D eigenvalue weighted by Gasteiger charge is -2.22. The summed E-state index contributed by atoms with van der Waals surface area (Å²) in [5, 5.41) is 8.03. The largest absolute Gasteiger partial charge is 0.457 e. The van der Waals surface area contributed by atoms with E-state index in [1.54, 1.807) is 0 Å². The van der Waals surface area contributed by atoms with Crippen molar-refractivity contribution in [2.45, 2.75) is 33.2 Å². The molecule has 0 unspecified atom stereocenters. The van der Waals surface area contributed by atoms with Crippen molar-refractivity contribution in [3.8, 4) is 22.8 Å². The van der Waals surface area contributed by atoms with E-state index >= 15 is 0 Å². The van der Waals surface area contributed by atoms with Crippen molar-refractivity contribution in [2.75, 3.05) is 13.1 Å². The summed E-state index contributed by atoms with van der Waals surface area (Å²) in [6.07, 6.45) is 6.37. The van der Waals surface area contributed by atoms with Gasteiger partial charge in [-0.25, -0.2) is 15.0 Å². The first-order chi connectivity index (χ1) is 16.6. The van der Waals surface area contributed by atoms with E-state index < -0.39 is 0 Å². The Morgan fingerprint density at radius 2 is 1.74 bits per heavy atom. The number of aryl methyl sites for hydroxylation is 2. The monoisotopic (exact) mass is 453 g/mol. The molecule has 0 aliphatic carbocycles. The van der Waals surface area contributed by atoms with Gasteiger partial charge in [-0.05, 0) is 70.0 Å². The molecule has 1 aliphatic rings. The highest BCUT2D eigenvalue weighted by atomic mass is 16.5. The molecule has 0 bridgehead atoms. The van der Waals surface area contributed by atoms with E-state index in [9.17, 15) is 0 Å². The SMILES string of the molecule is Cc1nc2ccc(Oc3ccc4nc(C)c(-c5cnn(CC6CCNCC6)c5)nc4c3)cc2[nH]1. The fourth-order valence-electron chi connectivity index (χ4n) is 4.69. The smallest absolute Gasteiger partial charge is 0.129 e. The predicted octanol–water partition coefficient (Wildman–Crippen LogP) is 4.78. The Morgan fingerprint density at radius 3 is 2.59 bits per heavy atom. The molecule has 0 spiro atoms. The third-order valence-corrected chi connectivity index (χ3v) is 6.43. The molecule has 0 atom stereocenters. The van der Waals surface area contributed by atoms with Crippen molar-refractivity contribution in [3.05, 3.63) is 60.3 Å². The van der Waals surface area contributed by atoms with Crippen molar-refractivity contribution in [1.82, 2.24) is 35.0 Å². The van der Waals surface area contributed by atoms with Crippen LogP contribution in [-0.4, -0.2) is 42.8 Å². The molecule has 8 heteroatoms. The van der Waals surface area contributed by atoms with Gasteiger partial charge in [-0.1, -0.05) is 0 Å². The van der Waals surface area contributed by atoms with Crippen LogP contribution in [0.15, 0.2) is 48.8 Å². The molecule has 1 fully saturated rings. The molecular formula is C26H27N7O. The van der Waals surface area contributed by atoms with Gasteiger partial charge in [0.2, 0.25) is 0 Å². The van der Waals surface area contributed by atoms with Crippen molar-refractivity contribution in [1.29, 1.82) is 0 Å². The van der Waals surface area contributed by atoms with Gasteiger partial charge in [-0.3, -0.25) is 4.68 Å². The highest BCUT2D eigenvalue weighted by molar-refractivity contribution is 5.80. The molecule has 3 aromatic heterocycles. The van der Waals surface area contributed by atoms with Gasteiger partial charge in [0, 0.05) is 30.4 Å². The summed E-state index contributed by atoms with van der Waals surface area (Å²) in [4.78, 5) is 17.4. The van der Waals surface area contributed by atoms with Gasteiger partial charge < -0.3 is 15.0 Å². The Hall–Kier alpha value is -3.78. The zero-order chi connectivity index (χ0) is 23.1. The molecule has 0 amide bonds. The number of hydrogen-bond acceptors (Lipinski definition) is 6. The van der Waals surface area contributed by atoms with Gasteiger partial charge in [0.25, 0.3) is 0 Å². The number of nitrogens with zero attached hydrogens (tertiary/aromatic N) is 5. The second-order valence-electron chi connectivity index (χ2n) is 9.06. The van der Waals surface area contributed by atoms with E-state index in [2.05, 4.69) is 26.6 Å². The molecular weight excluding hydrogens is 426 g/mol. The lowest BCUT2D eigenvalue weighted by atomic mass is 9.98. The van der Waals surface area contributed by atoms with Crippen LogP contribution in [0.3, 0.4) is 0 Å². The summed E-state index contributed by atoms with van der Waals surface area (Å²) in [6.45, 7) is 7.07. The number of piperidine rings is 1. The molecule has 6 rings (SSSR count). The molecule has 1 saturated heterocycles. The first-order valence-electron chi connectivity index (χ1n) is 11.8. The van der Waals surface area contributed by atoms with Crippen LogP contribution in [0.2, 0.25) is 0 Å². The van der Waals surface area contributed by atoms with Gasteiger partial charge in [-0.15, -0.1) is 0 Å². The third kappa shape index (κ3) is 4.12. The number of H-pyrrole nitrogens is 1. The lowest BCUT2D eigenvalue weighted by Crippen LogP contribution is -2.29. The fraction of sp³-hybridized carbons (Fsp3) is 0.308. The average Bonchev–Trinajstić information content (AvgIpc) is 3.44. The van der Waals surface area contributed by atoms with Crippen molar-refractivity contribution in [2.24, 2.45) is 5.92 Å². The standard InChI is InChI=1S/C26H27N7O/c1-16-26(19-13-28-33(15-19)14-18-7-9-27-10-8-18)32-25-12-21(3-5-22(25)29-16)34-20-4-6-23-24(11-20)31-17(2)30-23/h3-6,11-13,15,18,27H,7-10,14H2,1-2H3,(H,30,31). The van der Waals surface area contributed by atoms with E-state index in [1.807, 2.05) is 61.1 Å². The van der Waals surface area contributed by atoms with Crippen LogP contribution in [-0.2, 0) is 6.54 Å². The van der Waals surface area contributed by atoms with Gasteiger partial charge in [-0.2, -0.15) is 5.10 Å². The summed E-state index contributed by atoms with van der Waals surface area (Å²) in [5.74, 6) is 3.02. The van der Waals surface area contributed by atoms with Gasteiger partial charge in [0.1, 0.15) is 17.3 Å². The number of benzene rings is 2. The summed E-state index contributed by atoms with van der Waals surface area (Å²) in [7, 11) is 0. The number of aromatic nitrogens is 6. The van der Waals surface area contributed by atoms with Crippen molar-refractivity contribution in [3.63, 3.8) is 0 Å². The van der Waals surface area contributed by atoms with E-state index in [-0.39, 0.29) is 0 Å².